The predicted molar refractivity (Wildman–Crippen MR) is 72.1 cm³/mol. The Labute approximate surface area is 106 Å². The average Bonchev–Trinajstić information content (AvgIpc) is 2.14. The molecule has 1 rings (SSSR count). The first-order chi connectivity index (χ1) is 7.92. The fraction of sp³-hybridized carbons (Fsp3) is 1.00. The predicted octanol–water partition coefficient (Wildman–Crippen LogP) is 0.885. The van der Waals surface area contributed by atoms with Gasteiger partial charge in [-0.1, -0.05) is 6.92 Å². The van der Waals surface area contributed by atoms with Crippen LogP contribution in [0.25, 0.3) is 0 Å². The summed E-state index contributed by atoms with van der Waals surface area (Å²) < 4.78 is 23.0. The van der Waals surface area contributed by atoms with E-state index < -0.39 is 9.84 Å². The van der Waals surface area contributed by atoms with Gasteiger partial charge in [-0.15, -0.1) is 0 Å². The van der Waals surface area contributed by atoms with Crippen molar-refractivity contribution in [2.24, 2.45) is 0 Å². The van der Waals surface area contributed by atoms with Gasteiger partial charge >= 0.3 is 0 Å². The van der Waals surface area contributed by atoms with E-state index in [9.17, 15) is 8.42 Å². The molecular formula is C12H26N2O2S. The molecule has 0 atom stereocenters. The molecule has 0 saturated heterocycles. The number of hydrogen-bond donors (Lipinski definition) is 1. The standard InChI is InChI=1S/C12H26N2O2S/c1-4-9-17(15,16)10-8-13-11-12(14(2)3)6-5-7-12/h13H,4-11H2,1-3H3. The minimum absolute atomic E-state index is 0.268. The second-order valence-electron chi connectivity index (χ2n) is 5.30. The SMILES string of the molecule is CCCS(=O)(=O)CCNCC1(N(C)C)CCC1. The highest BCUT2D eigenvalue weighted by molar-refractivity contribution is 7.91. The first-order valence-corrected chi connectivity index (χ1v) is 8.32. The Morgan fingerprint density at radius 2 is 1.88 bits per heavy atom. The third kappa shape index (κ3) is 4.23. The van der Waals surface area contributed by atoms with Gasteiger partial charge in [0.1, 0.15) is 0 Å². The lowest BCUT2D eigenvalue weighted by Gasteiger charge is -2.47. The molecule has 0 heterocycles. The average molecular weight is 262 g/mol. The number of sulfone groups is 1. The van der Waals surface area contributed by atoms with Crippen LogP contribution in [0.4, 0.5) is 0 Å². The van der Waals surface area contributed by atoms with Crippen molar-refractivity contribution >= 4 is 9.84 Å². The van der Waals surface area contributed by atoms with Crippen LogP contribution in [0.2, 0.25) is 0 Å². The molecule has 0 aromatic heterocycles. The van der Waals surface area contributed by atoms with E-state index in [1.54, 1.807) is 0 Å². The number of likely N-dealkylation sites (N-methyl/N-ethyl adjacent to an activating group) is 1. The van der Waals surface area contributed by atoms with Crippen molar-refractivity contribution in [1.82, 2.24) is 10.2 Å². The van der Waals surface area contributed by atoms with E-state index in [0.717, 1.165) is 6.54 Å². The molecule has 17 heavy (non-hydrogen) atoms. The Hall–Kier alpha value is -0.130. The molecule has 5 heteroatoms. The Bertz CT molecular complexity index is 321. The third-order valence-corrected chi connectivity index (χ3v) is 5.65. The fourth-order valence-electron chi connectivity index (χ4n) is 2.33. The van der Waals surface area contributed by atoms with Crippen molar-refractivity contribution in [3.05, 3.63) is 0 Å². The van der Waals surface area contributed by atoms with Crippen LogP contribution in [-0.2, 0) is 9.84 Å². The Balaban J connectivity index is 2.24. The lowest BCUT2D eigenvalue weighted by atomic mass is 9.75. The van der Waals surface area contributed by atoms with Gasteiger partial charge in [-0.05, 0) is 39.8 Å². The summed E-state index contributed by atoms with van der Waals surface area (Å²) in [5.74, 6) is 0.581. The lowest BCUT2D eigenvalue weighted by molar-refractivity contribution is 0.0608. The highest BCUT2D eigenvalue weighted by Gasteiger charge is 2.38. The zero-order valence-corrected chi connectivity index (χ0v) is 12.1. The summed E-state index contributed by atoms with van der Waals surface area (Å²) in [6, 6.07) is 0. The number of nitrogens with zero attached hydrogens (tertiary/aromatic N) is 1. The van der Waals surface area contributed by atoms with E-state index in [2.05, 4.69) is 24.3 Å². The van der Waals surface area contributed by atoms with Crippen molar-refractivity contribution < 1.29 is 8.42 Å². The second-order valence-corrected chi connectivity index (χ2v) is 7.60. The van der Waals surface area contributed by atoms with E-state index in [1.165, 1.54) is 19.3 Å². The fourth-order valence-corrected chi connectivity index (χ4v) is 3.61. The van der Waals surface area contributed by atoms with Crippen molar-refractivity contribution in [2.45, 2.75) is 38.1 Å². The van der Waals surface area contributed by atoms with Crippen LogP contribution >= 0.6 is 0 Å². The largest absolute Gasteiger partial charge is 0.314 e. The van der Waals surface area contributed by atoms with Gasteiger partial charge in [-0.2, -0.15) is 0 Å². The van der Waals surface area contributed by atoms with Crippen LogP contribution in [-0.4, -0.2) is 57.5 Å². The Kier molecular flexibility index (Phi) is 5.41. The second kappa shape index (κ2) is 6.16. The number of rotatable bonds is 8. The Morgan fingerprint density at radius 1 is 1.24 bits per heavy atom. The maximum absolute atomic E-state index is 11.5. The molecule has 0 radical (unpaired) electrons. The van der Waals surface area contributed by atoms with E-state index >= 15 is 0 Å². The van der Waals surface area contributed by atoms with E-state index in [4.69, 9.17) is 0 Å². The summed E-state index contributed by atoms with van der Waals surface area (Å²) in [7, 11) is 1.38. The molecule has 1 aliphatic rings. The zero-order chi connectivity index (χ0) is 12.9. The van der Waals surface area contributed by atoms with Crippen LogP contribution < -0.4 is 5.32 Å². The topological polar surface area (TPSA) is 49.4 Å². The smallest absolute Gasteiger partial charge is 0.151 e. The van der Waals surface area contributed by atoms with Crippen molar-refractivity contribution in [3.8, 4) is 0 Å². The molecule has 0 amide bonds. The third-order valence-electron chi connectivity index (χ3n) is 3.79. The van der Waals surface area contributed by atoms with E-state index in [-0.39, 0.29) is 11.3 Å². The molecule has 4 nitrogen and oxygen atoms in total. The molecule has 1 saturated carbocycles. The zero-order valence-electron chi connectivity index (χ0n) is 11.3. The summed E-state index contributed by atoms with van der Waals surface area (Å²) in [6.07, 6.45) is 4.43. The highest BCUT2D eigenvalue weighted by Crippen LogP contribution is 2.35. The quantitative estimate of drug-likeness (QED) is 0.660. The number of hydrogen-bond acceptors (Lipinski definition) is 4. The van der Waals surface area contributed by atoms with Gasteiger partial charge in [0, 0.05) is 24.4 Å². The van der Waals surface area contributed by atoms with Crippen LogP contribution in [0, 0.1) is 0 Å². The first-order valence-electron chi connectivity index (χ1n) is 6.50. The molecule has 0 bridgehead atoms. The first kappa shape index (κ1) is 14.9. The maximum Gasteiger partial charge on any atom is 0.151 e. The van der Waals surface area contributed by atoms with E-state index in [0.29, 0.717) is 18.7 Å². The lowest BCUT2D eigenvalue weighted by Crippen LogP contribution is -2.56. The summed E-state index contributed by atoms with van der Waals surface area (Å²) in [4.78, 5) is 2.27. The van der Waals surface area contributed by atoms with Gasteiger partial charge in [-0.25, -0.2) is 8.42 Å². The van der Waals surface area contributed by atoms with Crippen molar-refractivity contribution in [3.63, 3.8) is 0 Å². The molecule has 0 spiro atoms. The Morgan fingerprint density at radius 3 is 2.29 bits per heavy atom. The molecule has 102 valence electrons. The summed E-state index contributed by atoms with van der Waals surface area (Å²) in [5, 5.41) is 3.30. The maximum atomic E-state index is 11.5. The number of nitrogens with one attached hydrogen (secondary N) is 1. The molecular weight excluding hydrogens is 236 g/mol. The molecule has 1 fully saturated rings. The molecule has 1 aliphatic carbocycles. The van der Waals surface area contributed by atoms with Crippen LogP contribution in [0.5, 0.6) is 0 Å². The molecule has 0 aromatic rings. The molecule has 0 aliphatic heterocycles. The highest BCUT2D eigenvalue weighted by atomic mass is 32.2. The minimum Gasteiger partial charge on any atom is -0.314 e. The molecule has 0 unspecified atom stereocenters. The summed E-state index contributed by atoms with van der Waals surface area (Å²) in [6.45, 7) is 3.39. The van der Waals surface area contributed by atoms with Crippen LogP contribution in [0.15, 0.2) is 0 Å². The van der Waals surface area contributed by atoms with Gasteiger partial charge in [0.25, 0.3) is 0 Å². The van der Waals surface area contributed by atoms with Crippen LogP contribution in [0.3, 0.4) is 0 Å². The summed E-state index contributed by atoms with van der Waals surface area (Å²) in [5.41, 5.74) is 0.272. The van der Waals surface area contributed by atoms with Gasteiger partial charge in [0.15, 0.2) is 9.84 Å². The summed E-state index contributed by atoms with van der Waals surface area (Å²) >= 11 is 0. The van der Waals surface area contributed by atoms with Gasteiger partial charge < -0.3 is 10.2 Å². The molecule has 1 N–H and O–H groups in total. The van der Waals surface area contributed by atoms with Gasteiger partial charge in [-0.3, -0.25) is 0 Å². The monoisotopic (exact) mass is 262 g/mol. The normalized spacial score (nSPS) is 19.3. The van der Waals surface area contributed by atoms with Crippen LogP contribution in [0.1, 0.15) is 32.6 Å². The van der Waals surface area contributed by atoms with E-state index in [1.807, 2.05) is 6.92 Å². The minimum atomic E-state index is -2.83. The van der Waals surface area contributed by atoms with Crippen molar-refractivity contribution in [2.75, 3.05) is 38.7 Å². The van der Waals surface area contributed by atoms with Gasteiger partial charge in [0.2, 0.25) is 0 Å². The van der Waals surface area contributed by atoms with Crippen molar-refractivity contribution in [1.29, 1.82) is 0 Å². The molecule has 0 aromatic carbocycles. The van der Waals surface area contributed by atoms with Gasteiger partial charge in [0.05, 0.1) is 5.75 Å².